The number of ether oxygens (including phenoxy) is 3. The third kappa shape index (κ3) is 4.58. The standard InChI is InChI=1S/C28H32N2O6/c1-3-15-35-22-10-9-19(18-23(22)33-2)25-24-26(31)20-7-4-5-8-21(20)36-27(24)28(32)30(25)12-6-11-29-13-16-34-17-14-29/h4-5,7-10,18,25H,3,6,11-17H2,1-2H3/p+1/t25-/m1/s1. The van der Waals surface area contributed by atoms with Crippen LogP contribution in [0.4, 0.5) is 0 Å². The molecular formula is C28H33N2O6+. The number of nitrogens with zero attached hydrogens (tertiary/aromatic N) is 1. The van der Waals surface area contributed by atoms with Crippen molar-refractivity contribution in [3.05, 3.63) is 69.6 Å². The largest absolute Gasteiger partial charge is 0.493 e. The molecule has 0 aliphatic carbocycles. The molecule has 2 aliphatic heterocycles. The molecule has 1 aromatic heterocycles. The molecule has 2 aliphatic rings. The van der Waals surface area contributed by atoms with Crippen LogP contribution in [-0.4, -0.2) is 63.9 Å². The second kappa shape index (κ2) is 10.7. The highest BCUT2D eigenvalue weighted by Crippen LogP contribution is 2.41. The Balaban J connectivity index is 1.53. The summed E-state index contributed by atoms with van der Waals surface area (Å²) in [6.45, 7) is 7.55. The van der Waals surface area contributed by atoms with Crippen molar-refractivity contribution < 1.29 is 28.3 Å². The van der Waals surface area contributed by atoms with Crippen LogP contribution in [-0.2, 0) is 4.74 Å². The smallest absolute Gasteiger partial charge is 0.290 e. The molecule has 2 aromatic carbocycles. The van der Waals surface area contributed by atoms with Gasteiger partial charge in [-0.25, -0.2) is 0 Å². The van der Waals surface area contributed by atoms with E-state index in [1.165, 1.54) is 4.90 Å². The molecule has 3 heterocycles. The Labute approximate surface area is 210 Å². The van der Waals surface area contributed by atoms with E-state index in [-0.39, 0.29) is 17.1 Å². The summed E-state index contributed by atoms with van der Waals surface area (Å²) in [6, 6.07) is 12.2. The van der Waals surface area contributed by atoms with Gasteiger partial charge < -0.3 is 28.4 Å². The number of nitrogens with one attached hydrogen (secondary N) is 1. The zero-order chi connectivity index (χ0) is 25.1. The van der Waals surface area contributed by atoms with E-state index < -0.39 is 6.04 Å². The third-order valence-electron chi connectivity index (χ3n) is 6.97. The maximum atomic E-state index is 13.7. The Morgan fingerprint density at radius 1 is 1.08 bits per heavy atom. The van der Waals surface area contributed by atoms with Crippen LogP contribution < -0.4 is 19.8 Å². The molecule has 0 spiro atoms. The lowest BCUT2D eigenvalue weighted by molar-refractivity contribution is -0.908. The summed E-state index contributed by atoms with van der Waals surface area (Å²) in [5, 5.41) is 0.475. The first-order chi connectivity index (χ1) is 17.6. The molecule has 1 atom stereocenters. The minimum absolute atomic E-state index is 0.132. The van der Waals surface area contributed by atoms with Gasteiger partial charge in [-0.2, -0.15) is 0 Å². The van der Waals surface area contributed by atoms with Gasteiger partial charge in [0.2, 0.25) is 5.76 Å². The number of para-hydroxylation sites is 1. The van der Waals surface area contributed by atoms with Crippen LogP contribution in [0.3, 0.4) is 0 Å². The average molecular weight is 494 g/mol. The number of methoxy groups -OCH3 is 1. The topological polar surface area (TPSA) is 82.7 Å². The SMILES string of the molecule is CCCOc1ccc([C@@H]2c3c(oc4ccccc4c3=O)C(=O)N2CCC[NH+]2CCOCC2)cc1OC. The van der Waals surface area contributed by atoms with E-state index in [4.69, 9.17) is 18.6 Å². The van der Waals surface area contributed by atoms with Crippen molar-refractivity contribution in [3.63, 3.8) is 0 Å². The Morgan fingerprint density at radius 3 is 2.67 bits per heavy atom. The molecule has 0 radical (unpaired) electrons. The molecule has 36 heavy (non-hydrogen) atoms. The molecule has 1 saturated heterocycles. The fourth-order valence-corrected chi connectivity index (χ4v) is 5.14. The predicted octanol–water partition coefficient (Wildman–Crippen LogP) is 2.44. The van der Waals surface area contributed by atoms with Crippen LogP contribution in [0.1, 0.15) is 47.5 Å². The van der Waals surface area contributed by atoms with Gasteiger partial charge in [0.1, 0.15) is 18.7 Å². The maximum Gasteiger partial charge on any atom is 0.290 e. The van der Waals surface area contributed by atoms with Crippen molar-refractivity contribution in [1.82, 2.24) is 4.90 Å². The Kier molecular flexibility index (Phi) is 7.25. The van der Waals surface area contributed by atoms with E-state index in [0.29, 0.717) is 41.2 Å². The lowest BCUT2D eigenvalue weighted by Crippen LogP contribution is -3.14. The summed E-state index contributed by atoms with van der Waals surface area (Å²) in [5.74, 6) is 1.10. The zero-order valence-corrected chi connectivity index (χ0v) is 20.9. The Hall–Kier alpha value is -3.36. The van der Waals surface area contributed by atoms with Crippen LogP contribution in [0.25, 0.3) is 11.0 Å². The Morgan fingerprint density at radius 2 is 1.89 bits per heavy atom. The highest BCUT2D eigenvalue weighted by molar-refractivity contribution is 5.99. The molecule has 8 heteroatoms. The molecule has 0 saturated carbocycles. The number of benzene rings is 2. The highest BCUT2D eigenvalue weighted by Gasteiger charge is 2.42. The van der Waals surface area contributed by atoms with Gasteiger partial charge >= 0.3 is 0 Å². The predicted molar refractivity (Wildman–Crippen MR) is 135 cm³/mol. The summed E-state index contributed by atoms with van der Waals surface area (Å²) in [4.78, 5) is 30.5. The highest BCUT2D eigenvalue weighted by atomic mass is 16.5. The number of fused-ring (bicyclic) bond motifs is 2. The lowest BCUT2D eigenvalue weighted by atomic mass is 9.98. The molecule has 190 valence electrons. The maximum absolute atomic E-state index is 13.7. The van der Waals surface area contributed by atoms with Crippen LogP contribution >= 0.6 is 0 Å². The second-order valence-electron chi connectivity index (χ2n) is 9.30. The third-order valence-corrected chi connectivity index (χ3v) is 6.97. The molecule has 3 aromatic rings. The van der Waals surface area contributed by atoms with Crippen LogP contribution in [0, 0.1) is 0 Å². The van der Waals surface area contributed by atoms with Gasteiger partial charge in [0.05, 0.1) is 50.5 Å². The quantitative estimate of drug-likeness (QED) is 0.493. The van der Waals surface area contributed by atoms with Crippen molar-refractivity contribution >= 4 is 16.9 Å². The van der Waals surface area contributed by atoms with Gasteiger partial charge in [-0.3, -0.25) is 9.59 Å². The number of morpholine rings is 1. The normalized spacial score (nSPS) is 18.0. The molecule has 5 rings (SSSR count). The zero-order valence-electron chi connectivity index (χ0n) is 20.9. The summed E-state index contributed by atoms with van der Waals surface area (Å²) < 4.78 is 22.9. The number of amides is 1. The molecule has 1 fully saturated rings. The number of rotatable bonds is 9. The molecule has 1 amide bonds. The van der Waals surface area contributed by atoms with Crippen LogP contribution in [0.5, 0.6) is 11.5 Å². The van der Waals surface area contributed by atoms with E-state index in [2.05, 4.69) is 0 Å². The van der Waals surface area contributed by atoms with E-state index in [1.807, 2.05) is 31.2 Å². The second-order valence-corrected chi connectivity index (χ2v) is 9.30. The minimum atomic E-state index is -0.554. The van der Waals surface area contributed by atoms with Crippen LogP contribution in [0.15, 0.2) is 51.7 Å². The summed E-state index contributed by atoms with van der Waals surface area (Å²) in [7, 11) is 1.59. The fourth-order valence-electron chi connectivity index (χ4n) is 5.14. The van der Waals surface area contributed by atoms with Gasteiger partial charge in [0, 0.05) is 13.0 Å². The van der Waals surface area contributed by atoms with E-state index in [9.17, 15) is 9.59 Å². The van der Waals surface area contributed by atoms with Crippen molar-refractivity contribution in [2.45, 2.75) is 25.8 Å². The monoisotopic (exact) mass is 493 g/mol. The Bertz CT molecular complexity index is 1300. The van der Waals surface area contributed by atoms with Gasteiger partial charge in [0.15, 0.2) is 16.9 Å². The van der Waals surface area contributed by atoms with Crippen molar-refractivity contribution in [3.8, 4) is 11.5 Å². The molecule has 8 nitrogen and oxygen atoms in total. The van der Waals surface area contributed by atoms with Gasteiger partial charge in [0.25, 0.3) is 5.91 Å². The van der Waals surface area contributed by atoms with Gasteiger partial charge in [-0.05, 0) is 36.2 Å². The van der Waals surface area contributed by atoms with E-state index in [1.54, 1.807) is 30.2 Å². The number of carbonyl (C=O) groups excluding carboxylic acids is 1. The van der Waals surface area contributed by atoms with Crippen LogP contribution in [0.2, 0.25) is 0 Å². The summed E-state index contributed by atoms with van der Waals surface area (Å²) in [6.07, 6.45) is 1.69. The number of quaternary nitrogens is 1. The van der Waals surface area contributed by atoms with Crippen molar-refractivity contribution in [1.29, 1.82) is 0 Å². The average Bonchev–Trinajstić information content (AvgIpc) is 3.19. The fraction of sp³-hybridized carbons (Fsp3) is 0.429. The molecule has 0 bridgehead atoms. The summed E-state index contributed by atoms with van der Waals surface area (Å²) in [5.41, 5.74) is 1.44. The number of hydrogen-bond acceptors (Lipinski definition) is 6. The van der Waals surface area contributed by atoms with E-state index in [0.717, 1.165) is 51.3 Å². The molecule has 1 N–H and O–H groups in total. The van der Waals surface area contributed by atoms with Crippen molar-refractivity contribution in [2.75, 3.05) is 53.1 Å². The number of hydrogen-bond donors (Lipinski definition) is 1. The first-order valence-corrected chi connectivity index (χ1v) is 12.7. The van der Waals surface area contributed by atoms with Crippen molar-refractivity contribution in [2.24, 2.45) is 0 Å². The lowest BCUT2D eigenvalue weighted by Gasteiger charge is -2.28. The van der Waals surface area contributed by atoms with E-state index >= 15 is 0 Å². The first kappa shape index (κ1) is 24.3. The molecule has 0 unspecified atom stereocenters. The van der Waals surface area contributed by atoms with Gasteiger partial charge in [-0.15, -0.1) is 0 Å². The number of carbonyl (C=O) groups is 1. The minimum Gasteiger partial charge on any atom is -0.493 e. The summed E-state index contributed by atoms with van der Waals surface area (Å²) >= 11 is 0. The first-order valence-electron chi connectivity index (χ1n) is 12.7. The molecular weight excluding hydrogens is 460 g/mol. The van der Waals surface area contributed by atoms with Gasteiger partial charge in [-0.1, -0.05) is 25.1 Å².